The van der Waals surface area contributed by atoms with Crippen LogP contribution in [0.4, 0.5) is 28.4 Å². The molecule has 11 nitrogen and oxygen atoms in total. The van der Waals surface area contributed by atoms with Crippen molar-refractivity contribution in [1.29, 1.82) is 0 Å². The minimum Gasteiger partial charge on any atom is -0.378 e. The fraction of sp³-hybridized carbons (Fsp3) is 0.278. The highest BCUT2D eigenvalue weighted by Gasteiger charge is 2.22. The van der Waals surface area contributed by atoms with Gasteiger partial charge in [0.1, 0.15) is 5.69 Å². The molecule has 0 spiro atoms. The van der Waals surface area contributed by atoms with Crippen molar-refractivity contribution in [3.8, 4) is 11.1 Å². The minimum absolute atomic E-state index is 0.197. The molecule has 3 N–H and O–H groups in total. The zero-order valence-electron chi connectivity index (χ0n) is 27.3. The van der Waals surface area contributed by atoms with E-state index in [0.29, 0.717) is 60.2 Å². The predicted molar refractivity (Wildman–Crippen MR) is 186 cm³/mol. The van der Waals surface area contributed by atoms with Gasteiger partial charge in [-0.3, -0.25) is 19.2 Å². The third-order valence-electron chi connectivity index (χ3n) is 8.14. The minimum atomic E-state index is -0.260. The maximum absolute atomic E-state index is 13.3. The van der Waals surface area contributed by atoms with E-state index >= 15 is 0 Å². The third-order valence-corrected chi connectivity index (χ3v) is 8.14. The molecule has 0 atom stereocenters. The van der Waals surface area contributed by atoms with Gasteiger partial charge in [-0.05, 0) is 72.6 Å². The normalized spacial score (nSPS) is 12.7. The van der Waals surface area contributed by atoms with E-state index in [0.717, 1.165) is 22.4 Å². The van der Waals surface area contributed by atoms with Crippen molar-refractivity contribution >= 4 is 46.2 Å². The largest absolute Gasteiger partial charge is 0.378 e. The number of nitrogens with one attached hydrogen (secondary N) is 3. The second-order valence-electron chi connectivity index (χ2n) is 11.6. The molecule has 4 aromatic rings. The number of anilines is 5. The Bertz CT molecular complexity index is 1860. The molecule has 0 unspecified atom stereocenters. The summed E-state index contributed by atoms with van der Waals surface area (Å²) >= 11 is 0. The van der Waals surface area contributed by atoms with Gasteiger partial charge in [-0.1, -0.05) is 19.1 Å². The van der Waals surface area contributed by atoms with Crippen molar-refractivity contribution in [2.24, 2.45) is 7.05 Å². The summed E-state index contributed by atoms with van der Waals surface area (Å²) in [7, 11) is 5.56. The number of aryl methyl sites for hydroxylation is 1. The Morgan fingerprint density at radius 3 is 2.30 bits per heavy atom. The summed E-state index contributed by atoms with van der Waals surface area (Å²) in [6.45, 7) is 5.52. The van der Waals surface area contributed by atoms with Crippen molar-refractivity contribution < 1.29 is 19.1 Å². The van der Waals surface area contributed by atoms with Crippen LogP contribution in [-0.4, -0.2) is 67.6 Å². The van der Waals surface area contributed by atoms with Crippen molar-refractivity contribution in [2.75, 3.05) is 61.2 Å². The number of morpholine rings is 1. The molecular formula is C36H40N6O5. The first-order valence-corrected chi connectivity index (χ1v) is 15.5. The van der Waals surface area contributed by atoms with Gasteiger partial charge in [-0.25, -0.2) is 0 Å². The Morgan fingerprint density at radius 2 is 1.62 bits per heavy atom. The van der Waals surface area contributed by atoms with E-state index in [2.05, 4.69) is 16.0 Å². The summed E-state index contributed by atoms with van der Waals surface area (Å²) in [5, 5.41) is 9.06. The number of benzene rings is 3. The standard InChI is InChI=1S/C36H40N6O5/c1-6-33(43)38-31-21-26(12-15-29(31)35(45)42-16-18-47-19-17-42)37-32-20-25(22-41(5)36(32)46)28-8-7-9-30(23(28)2)39-34(44)24-10-13-27(14-11-24)40(3)4/h7-15,20-22,37H,6,16-19H2,1-5H3,(H,38,43)(H,39,44). The highest BCUT2D eigenvalue weighted by atomic mass is 16.5. The van der Waals surface area contributed by atoms with Crippen LogP contribution in [0.5, 0.6) is 0 Å². The number of rotatable bonds is 9. The molecule has 0 bridgehead atoms. The first-order chi connectivity index (χ1) is 22.5. The molecule has 1 aromatic heterocycles. The summed E-state index contributed by atoms with van der Waals surface area (Å²) in [4.78, 5) is 55.7. The Balaban J connectivity index is 1.43. The van der Waals surface area contributed by atoms with E-state index in [1.54, 1.807) is 61.5 Å². The van der Waals surface area contributed by atoms with Gasteiger partial charge in [-0.15, -0.1) is 0 Å². The van der Waals surface area contributed by atoms with Gasteiger partial charge in [0.05, 0.1) is 24.5 Å². The second kappa shape index (κ2) is 14.3. The summed E-state index contributed by atoms with van der Waals surface area (Å²) < 4.78 is 6.87. The van der Waals surface area contributed by atoms with Crippen molar-refractivity contribution in [1.82, 2.24) is 9.47 Å². The number of nitrogens with zero attached hydrogens (tertiary/aromatic N) is 3. The van der Waals surface area contributed by atoms with E-state index in [1.807, 2.05) is 56.3 Å². The average molecular weight is 637 g/mol. The van der Waals surface area contributed by atoms with E-state index in [1.165, 1.54) is 4.57 Å². The van der Waals surface area contributed by atoms with Gasteiger partial charge in [0, 0.05) is 75.0 Å². The maximum Gasteiger partial charge on any atom is 0.274 e. The molecule has 3 aromatic carbocycles. The molecule has 2 heterocycles. The molecule has 3 amide bonds. The molecular weight excluding hydrogens is 596 g/mol. The van der Waals surface area contributed by atoms with Crippen LogP contribution in [0.25, 0.3) is 11.1 Å². The van der Waals surface area contributed by atoms with E-state index in [-0.39, 0.29) is 29.7 Å². The lowest BCUT2D eigenvalue weighted by Gasteiger charge is -2.27. The Hall–Kier alpha value is -5.42. The number of amides is 3. The van der Waals surface area contributed by atoms with E-state index in [4.69, 9.17) is 4.74 Å². The zero-order valence-corrected chi connectivity index (χ0v) is 27.3. The van der Waals surface area contributed by atoms with Crippen molar-refractivity contribution in [3.63, 3.8) is 0 Å². The monoisotopic (exact) mass is 636 g/mol. The maximum atomic E-state index is 13.3. The zero-order chi connectivity index (χ0) is 33.7. The van der Waals surface area contributed by atoms with Gasteiger partial charge in [-0.2, -0.15) is 0 Å². The molecule has 0 radical (unpaired) electrons. The second-order valence-corrected chi connectivity index (χ2v) is 11.6. The smallest absolute Gasteiger partial charge is 0.274 e. The lowest BCUT2D eigenvalue weighted by molar-refractivity contribution is -0.115. The number of aromatic nitrogens is 1. The van der Waals surface area contributed by atoms with Crippen LogP contribution in [0.15, 0.2) is 77.7 Å². The molecule has 244 valence electrons. The number of carbonyl (C=O) groups excluding carboxylic acids is 3. The van der Waals surface area contributed by atoms with Crippen LogP contribution in [0, 0.1) is 6.92 Å². The lowest BCUT2D eigenvalue weighted by Crippen LogP contribution is -2.41. The van der Waals surface area contributed by atoms with Crippen LogP contribution in [-0.2, 0) is 16.6 Å². The van der Waals surface area contributed by atoms with Gasteiger partial charge >= 0.3 is 0 Å². The van der Waals surface area contributed by atoms with Crippen LogP contribution in [0.1, 0.15) is 39.6 Å². The highest BCUT2D eigenvalue weighted by molar-refractivity contribution is 6.06. The number of hydrogen-bond donors (Lipinski definition) is 3. The van der Waals surface area contributed by atoms with E-state index in [9.17, 15) is 19.2 Å². The quantitative estimate of drug-likeness (QED) is 0.229. The molecule has 1 aliphatic rings. The molecule has 1 fully saturated rings. The summed E-state index contributed by atoms with van der Waals surface area (Å²) in [6.07, 6.45) is 1.99. The van der Waals surface area contributed by atoms with Crippen LogP contribution in [0.3, 0.4) is 0 Å². The summed E-state index contributed by atoms with van der Waals surface area (Å²) in [5.74, 6) is -0.652. The molecule has 5 rings (SSSR count). The summed E-state index contributed by atoms with van der Waals surface area (Å²) in [5.41, 5.74) is 5.94. The first-order valence-electron chi connectivity index (χ1n) is 15.5. The fourth-order valence-corrected chi connectivity index (χ4v) is 5.38. The molecule has 0 saturated carbocycles. The van der Waals surface area contributed by atoms with Gasteiger partial charge in [0.15, 0.2) is 0 Å². The molecule has 1 saturated heterocycles. The third kappa shape index (κ3) is 7.53. The SMILES string of the molecule is CCC(=O)Nc1cc(Nc2cc(-c3cccc(NC(=O)c4ccc(N(C)C)cc4)c3C)cn(C)c2=O)ccc1C(=O)N1CCOCC1. The molecule has 47 heavy (non-hydrogen) atoms. The van der Waals surface area contributed by atoms with Gasteiger partial charge < -0.3 is 35.1 Å². The Labute approximate surface area is 274 Å². The molecule has 0 aliphatic carbocycles. The van der Waals surface area contributed by atoms with Crippen LogP contribution >= 0.6 is 0 Å². The van der Waals surface area contributed by atoms with Gasteiger partial charge in [0.25, 0.3) is 17.4 Å². The van der Waals surface area contributed by atoms with Crippen LogP contribution in [0.2, 0.25) is 0 Å². The van der Waals surface area contributed by atoms with Gasteiger partial charge in [0.2, 0.25) is 5.91 Å². The van der Waals surface area contributed by atoms with Crippen LogP contribution < -0.4 is 26.4 Å². The Morgan fingerprint density at radius 1 is 0.894 bits per heavy atom. The lowest BCUT2D eigenvalue weighted by atomic mass is 9.99. The summed E-state index contributed by atoms with van der Waals surface area (Å²) in [6, 6.07) is 19.8. The topological polar surface area (TPSA) is 125 Å². The number of pyridine rings is 1. The number of hydrogen-bond acceptors (Lipinski definition) is 7. The average Bonchev–Trinajstić information content (AvgIpc) is 3.07. The number of ether oxygens (including phenoxy) is 1. The molecule has 1 aliphatic heterocycles. The first kappa shape index (κ1) is 33.0. The molecule has 11 heteroatoms. The highest BCUT2D eigenvalue weighted by Crippen LogP contribution is 2.31. The van der Waals surface area contributed by atoms with E-state index < -0.39 is 0 Å². The van der Waals surface area contributed by atoms with Crippen molar-refractivity contribution in [2.45, 2.75) is 20.3 Å². The predicted octanol–water partition coefficient (Wildman–Crippen LogP) is 5.24. The number of carbonyl (C=O) groups is 3. The fourth-order valence-electron chi connectivity index (χ4n) is 5.38. The van der Waals surface area contributed by atoms with Crippen molar-refractivity contribution in [3.05, 3.63) is 100.0 Å². The Kier molecular flexibility index (Phi) is 10.1.